The quantitative estimate of drug-likeness (QED) is 0.698. The fourth-order valence-corrected chi connectivity index (χ4v) is 2.99. The maximum absolute atomic E-state index is 12.6. The maximum atomic E-state index is 12.6. The lowest BCUT2D eigenvalue weighted by Crippen LogP contribution is -2.31. The average Bonchev–Trinajstić information content (AvgIpc) is 3.11. The van der Waals surface area contributed by atoms with Gasteiger partial charge < -0.3 is 14.6 Å². The molecule has 2 aromatic carbocycles. The maximum Gasteiger partial charge on any atom is 0.221 e. The summed E-state index contributed by atoms with van der Waals surface area (Å²) in [5.41, 5.74) is 3.35. The predicted octanol–water partition coefficient (Wildman–Crippen LogP) is 3.58. The summed E-state index contributed by atoms with van der Waals surface area (Å²) in [5, 5.41) is 3.13. The molecule has 0 saturated heterocycles. The molecule has 140 valence electrons. The zero-order valence-corrected chi connectivity index (χ0v) is 16.0. The Morgan fingerprint density at radius 3 is 2.44 bits per heavy atom. The van der Waals surface area contributed by atoms with E-state index in [1.807, 2.05) is 42.1 Å². The zero-order chi connectivity index (χ0) is 19.2. The molecule has 1 atom stereocenters. The van der Waals surface area contributed by atoms with Gasteiger partial charge in [0.15, 0.2) is 0 Å². The van der Waals surface area contributed by atoms with Crippen molar-refractivity contribution >= 4 is 5.91 Å². The molecule has 0 aliphatic carbocycles. The van der Waals surface area contributed by atoms with Crippen LogP contribution < -0.4 is 10.1 Å². The second kappa shape index (κ2) is 8.54. The van der Waals surface area contributed by atoms with Crippen LogP contribution in [-0.2, 0) is 18.3 Å². The first-order valence-corrected chi connectivity index (χ1v) is 9.03. The van der Waals surface area contributed by atoms with E-state index >= 15 is 0 Å². The fourth-order valence-electron chi connectivity index (χ4n) is 2.99. The van der Waals surface area contributed by atoms with Gasteiger partial charge >= 0.3 is 0 Å². The minimum atomic E-state index is -0.304. The number of benzene rings is 2. The van der Waals surface area contributed by atoms with Gasteiger partial charge in [-0.2, -0.15) is 0 Å². The molecule has 0 bridgehead atoms. The first-order valence-electron chi connectivity index (χ1n) is 9.03. The van der Waals surface area contributed by atoms with Crippen LogP contribution in [-0.4, -0.2) is 22.6 Å². The van der Waals surface area contributed by atoms with Crippen LogP contribution in [0.4, 0.5) is 0 Å². The average molecular weight is 363 g/mol. The van der Waals surface area contributed by atoms with Crippen molar-refractivity contribution < 1.29 is 9.53 Å². The van der Waals surface area contributed by atoms with Crippen molar-refractivity contribution in [3.05, 3.63) is 83.4 Å². The number of aromatic nitrogens is 2. The van der Waals surface area contributed by atoms with Crippen LogP contribution in [0.5, 0.6) is 5.75 Å². The summed E-state index contributed by atoms with van der Waals surface area (Å²) in [6.45, 7) is 2.06. The van der Waals surface area contributed by atoms with Crippen molar-refractivity contribution in [2.24, 2.45) is 7.05 Å². The van der Waals surface area contributed by atoms with E-state index < -0.39 is 0 Å². The van der Waals surface area contributed by atoms with Crippen molar-refractivity contribution in [1.82, 2.24) is 14.9 Å². The van der Waals surface area contributed by atoms with Crippen molar-refractivity contribution in [2.75, 3.05) is 7.11 Å². The van der Waals surface area contributed by atoms with Crippen LogP contribution in [0.2, 0.25) is 0 Å². The van der Waals surface area contributed by atoms with Crippen molar-refractivity contribution in [3.63, 3.8) is 0 Å². The van der Waals surface area contributed by atoms with E-state index in [1.165, 1.54) is 5.56 Å². The summed E-state index contributed by atoms with van der Waals surface area (Å²) in [6, 6.07) is 15.7. The lowest BCUT2D eigenvalue weighted by Gasteiger charge is -2.19. The summed E-state index contributed by atoms with van der Waals surface area (Å²) < 4.78 is 7.16. The molecule has 0 radical (unpaired) electrons. The fraction of sp³-hybridized carbons (Fsp3) is 0.273. The Bertz CT molecular complexity index is 883. The van der Waals surface area contributed by atoms with Crippen LogP contribution in [0, 0.1) is 6.92 Å². The third kappa shape index (κ3) is 4.76. The number of nitrogens with zero attached hydrogens (tertiary/aromatic N) is 2. The molecule has 1 aromatic heterocycles. The highest BCUT2D eigenvalue weighted by Crippen LogP contribution is 2.23. The lowest BCUT2D eigenvalue weighted by molar-refractivity contribution is -0.121. The largest absolute Gasteiger partial charge is 0.497 e. The Balaban J connectivity index is 1.73. The Morgan fingerprint density at radius 1 is 1.15 bits per heavy atom. The number of carbonyl (C=O) groups is 1. The van der Waals surface area contributed by atoms with Crippen molar-refractivity contribution in [2.45, 2.75) is 25.8 Å². The minimum absolute atomic E-state index is 0.000562. The van der Waals surface area contributed by atoms with E-state index in [4.69, 9.17) is 4.74 Å². The second-order valence-electron chi connectivity index (χ2n) is 6.66. The Kier molecular flexibility index (Phi) is 5.91. The Hall–Kier alpha value is -3.08. The van der Waals surface area contributed by atoms with Gasteiger partial charge in [0.25, 0.3) is 0 Å². The molecule has 5 heteroatoms. The summed E-state index contributed by atoms with van der Waals surface area (Å²) in [5.74, 6) is 1.58. The zero-order valence-electron chi connectivity index (χ0n) is 16.0. The van der Waals surface area contributed by atoms with Gasteiger partial charge in [-0.25, -0.2) is 4.98 Å². The molecule has 3 aromatic rings. The van der Waals surface area contributed by atoms with Gasteiger partial charge in [0, 0.05) is 25.9 Å². The van der Waals surface area contributed by atoms with E-state index in [0.29, 0.717) is 12.8 Å². The number of aryl methyl sites for hydroxylation is 3. The highest BCUT2D eigenvalue weighted by Gasteiger charge is 2.20. The Morgan fingerprint density at radius 2 is 1.85 bits per heavy atom. The standard InChI is InChI=1S/C22H25N3O2/c1-16-4-6-17(7-5-16)8-13-20(26)24-21(22-23-14-15-25(22)2)18-9-11-19(27-3)12-10-18/h4-7,9-12,14-15,21H,8,13H2,1-3H3,(H,24,26). The first-order chi connectivity index (χ1) is 13.1. The normalized spacial score (nSPS) is 11.8. The lowest BCUT2D eigenvalue weighted by atomic mass is 10.0. The molecule has 0 aliphatic rings. The van der Waals surface area contributed by atoms with E-state index in [2.05, 4.69) is 41.5 Å². The predicted molar refractivity (Wildman–Crippen MR) is 106 cm³/mol. The topological polar surface area (TPSA) is 56.1 Å². The molecule has 0 spiro atoms. The highest BCUT2D eigenvalue weighted by molar-refractivity contribution is 5.77. The molecule has 1 unspecified atom stereocenters. The smallest absolute Gasteiger partial charge is 0.221 e. The molecule has 1 heterocycles. The molecular formula is C22H25N3O2. The summed E-state index contributed by atoms with van der Waals surface area (Å²) >= 11 is 0. The van der Waals surface area contributed by atoms with Gasteiger partial charge in [-0.1, -0.05) is 42.0 Å². The minimum Gasteiger partial charge on any atom is -0.497 e. The van der Waals surface area contributed by atoms with Crippen LogP contribution in [0.3, 0.4) is 0 Å². The number of carbonyl (C=O) groups excluding carboxylic acids is 1. The number of methoxy groups -OCH3 is 1. The van der Waals surface area contributed by atoms with Crippen LogP contribution in [0.15, 0.2) is 60.9 Å². The van der Waals surface area contributed by atoms with Gasteiger partial charge in [0.2, 0.25) is 5.91 Å². The van der Waals surface area contributed by atoms with E-state index in [1.54, 1.807) is 13.3 Å². The molecule has 1 amide bonds. The monoisotopic (exact) mass is 363 g/mol. The van der Waals surface area contributed by atoms with Gasteiger partial charge in [0.1, 0.15) is 17.6 Å². The summed E-state index contributed by atoms with van der Waals surface area (Å²) in [7, 11) is 3.56. The van der Waals surface area contributed by atoms with Crippen LogP contribution in [0.25, 0.3) is 0 Å². The molecular weight excluding hydrogens is 338 g/mol. The number of amides is 1. The number of imidazole rings is 1. The molecule has 5 nitrogen and oxygen atoms in total. The third-order valence-electron chi connectivity index (χ3n) is 4.63. The highest BCUT2D eigenvalue weighted by atomic mass is 16.5. The van der Waals surface area contributed by atoms with Gasteiger partial charge in [-0.15, -0.1) is 0 Å². The van der Waals surface area contributed by atoms with Gasteiger partial charge in [-0.3, -0.25) is 4.79 Å². The van der Waals surface area contributed by atoms with Crippen LogP contribution >= 0.6 is 0 Å². The molecule has 0 fully saturated rings. The summed E-state index contributed by atoms with van der Waals surface area (Å²) in [6.07, 6.45) is 4.76. The molecule has 3 rings (SSSR count). The number of ether oxygens (including phenoxy) is 1. The number of nitrogens with one attached hydrogen (secondary N) is 1. The molecule has 1 N–H and O–H groups in total. The van der Waals surface area contributed by atoms with Crippen molar-refractivity contribution in [1.29, 1.82) is 0 Å². The third-order valence-corrected chi connectivity index (χ3v) is 4.63. The van der Waals surface area contributed by atoms with Crippen LogP contribution in [0.1, 0.15) is 35.0 Å². The molecule has 0 aliphatic heterocycles. The Labute approximate surface area is 160 Å². The van der Waals surface area contributed by atoms with E-state index in [-0.39, 0.29) is 11.9 Å². The van der Waals surface area contributed by atoms with E-state index in [9.17, 15) is 4.79 Å². The van der Waals surface area contributed by atoms with Gasteiger partial charge in [0.05, 0.1) is 7.11 Å². The van der Waals surface area contributed by atoms with Gasteiger partial charge in [-0.05, 0) is 36.6 Å². The van der Waals surface area contributed by atoms with E-state index in [0.717, 1.165) is 22.7 Å². The summed E-state index contributed by atoms with van der Waals surface area (Å²) in [4.78, 5) is 17.1. The number of hydrogen-bond donors (Lipinski definition) is 1. The number of hydrogen-bond acceptors (Lipinski definition) is 3. The van der Waals surface area contributed by atoms with Crippen molar-refractivity contribution in [3.8, 4) is 5.75 Å². The molecule has 27 heavy (non-hydrogen) atoms. The second-order valence-corrected chi connectivity index (χ2v) is 6.66. The number of rotatable bonds is 7. The first kappa shape index (κ1) is 18.7. The SMILES string of the molecule is COc1ccc(C(NC(=O)CCc2ccc(C)cc2)c2nccn2C)cc1. The molecule has 0 saturated carbocycles.